The molecule has 0 amide bonds. The van der Waals surface area contributed by atoms with E-state index in [0.29, 0.717) is 5.69 Å². The van der Waals surface area contributed by atoms with E-state index in [9.17, 15) is 0 Å². The number of benzene rings is 4. The third-order valence-corrected chi connectivity index (χ3v) is 6.06. The van der Waals surface area contributed by atoms with Gasteiger partial charge in [0.15, 0.2) is 0 Å². The zero-order valence-electron chi connectivity index (χ0n) is 19.7. The van der Waals surface area contributed by atoms with Crippen LogP contribution in [0.3, 0.4) is 0 Å². The summed E-state index contributed by atoms with van der Waals surface area (Å²) in [5, 5.41) is 0. The van der Waals surface area contributed by atoms with E-state index in [4.69, 9.17) is 20.2 Å². The summed E-state index contributed by atoms with van der Waals surface area (Å²) in [6, 6.07) is 36.3. The number of nitrogens with zero attached hydrogens (tertiary/aromatic N) is 1. The number of pyridine rings is 1. The molecule has 0 spiro atoms. The van der Waals surface area contributed by atoms with Crippen LogP contribution < -0.4 is 15.2 Å². The quantitative estimate of drug-likeness (QED) is 0.270. The molecular weight excluding hydrogens is 432 g/mol. The van der Waals surface area contributed by atoms with Crippen molar-refractivity contribution in [3.05, 3.63) is 109 Å². The van der Waals surface area contributed by atoms with Crippen LogP contribution in [0.4, 0.5) is 5.69 Å². The van der Waals surface area contributed by atoms with Crippen LogP contribution in [0.5, 0.6) is 11.5 Å². The first-order chi connectivity index (χ1) is 17.2. The fraction of sp³-hybridized carbons (Fsp3) is 0.0645. The maximum Gasteiger partial charge on any atom is 0.128 e. The van der Waals surface area contributed by atoms with Crippen LogP contribution in [0, 0.1) is 0 Å². The van der Waals surface area contributed by atoms with Crippen LogP contribution >= 0.6 is 0 Å². The van der Waals surface area contributed by atoms with Gasteiger partial charge in [0, 0.05) is 22.4 Å². The van der Waals surface area contributed by atoms with Gasteiger partial charge in [0.05, 0.1) is 25.6 Å². The molecule has 1 heterocycles. The molecular formula is C31H26N2O2. The number of anilines is 1. The molecule has 4 nitrogen and oxygen atoms in total. The predicted octanol–water partition coefficient (Wildman–Crippen LogP) is 7.35. The smallest absolute Gasteiger partial charge is 0.128 e. The van der Waals surface area contributed by atoms with Gasteiger partial charge in [-0.1, -0.05) is 66.7 Å². The molecule has 1 aromatic heterocycles. The van der Waals surface area contributed by atoms with Crippen LogP contribution in [0.15, 0.2) is 109 Å². The molecule has 0 radical (unpaired) electrons. The molecule has 0 atom stereocenters. The van der Waals surface area contributed by atoms with Gasteiger partial charge in [-0.2, -0.15) is 0 Å². The van der Waals surface area contributed by atoms with Gasteiger partial charge in [0.1, 0.15) is 11.5 Å². The molecule has 172 valence electrons. The molecule has 5 rings (SSSR count). The Hall–Kier alpha value is -4.57. The first-order valence-corrected chi connectivity index (χ1v) is 11.4. The number of methoxy groups -OCH3 is 2. The maximum atomic E-state index is 6.61. The minimum absolute atomic E-state index is 0.703. The summed E-state index contributed by atoms with van der Waals surface area (Å²) in [5.41, 5.74) is 14.9. The van der Waals surface area contributed by atoms with Gasteiger partial charge in [-0.25, -0.2) is 4.98 Å². The molecule has 0 bridgehead atoms. The summed E-state index contributed by atoms with van der Waals surface area (Å²) in [4.78, 5) is 5.01. The Kier molecular flexibility index (Phi) is 6.18. The van der Waals surface area contributed by atoms with Gasteiger partial charge in [0.2, 0.25) is 0 Å². The summed E-state index contributed by atoms with van der Waals surface area (Å²) >= 11 is 0. The van der Waals surface area contributed by atoms with E-state index in [0.717, 1.165) is 56.3 Å². The van der Waals surface area contributed by atoms with Crippen LogP contribution in [-0.2, 0) is 0 Å². The van der Waals surface area contributed by atoms with Crippen molar-refractivity contribution < 1.29 is 9.47 Å². The Morgan fingerprint density at radius 2 is 1.06 bits per heavy atom. The molecule has 0 aliphatic rings. The standard InChI is InChI=1S/C31H26N2O2/c1-34-30-14-8-6-12-25(30)28-19-23(20-29(33-28)26-13-7-9-15-31(26)35-2)24-17-16-22(18-27(24)32)21-10-4-3-5-11-21/h3-20H,32H2,1-2H3. The second kappa shape index (κ2) is 9.74. The summed E-state index contributed by atoms with van der Waals surface area (Å²) in [6.07, 6.45) is 0. The Bertz CT molecular complexity index is 1410. The third kappa shape index (κ3) is 4.46. The van der Waals surface area contributed by atoms with Crippen molar-refractivity contribution in [1.29, 1.82) is 0 Å². The van der Waals surface area contributed by atoms with Gasteiger partial charge in [0.25, 0.3) is 0 Å². The highest BCUT2D eigenvalue weighted by Gasteiger charge is 2.15. The van der Waals surface area contributed by atoms with E-state index >= 15 is 0 Å². The maximum absolute atomic E-state index is 6.61. The van der Waals surface area contributed by atoms with E-state index in [1.807, 2.05) is 72.8 Å². The van der Waals surface area contributed by atoms with Gasteiger partial charge in [-0.3, -0.25) is 0 Å². The largest absolute Gasteiger partial charge is 0.496 e. The van der Waals surface area contributed by atoms with Crippen molar-refractivity contribution in [2.45, 2.75) is 0 Å². The van der Waals surface area contributed by atoms with E-state index in [2.05, 4.69) is 36.4 Å². The third-order valence-electron chi connectivity index (χ3n) is 6.06. The first kappa shape index (κ1) is 22.2. The fourth-order valence-corrected chi connectivity index (χ4v) is 4.31. The molecule has 4 heteroatoms. The molecule has 4 aromatic carbocycles. The molecule has 0 unspecified atom stereocenters. The SMILES string of the molecule is COc1ccccc1-c1cc(-c2ccc(-c3ccccc3)cc2N)cc(-c2ccccc2OC)n1. The zero-order chi connectivity index (χ0) is 24.2. The Morgan fingerprint density at radius 1 is 0.514 bits per heavy atom. The van der Waals surface area contributed by atoms with Crippen LogP contribution in [0.25, 0.3) is 44.8 Å². The summed E-state index contributed by atoms with van der Waals surface area (Å²) in [7, 11) is 3.34. The molecule has 35 heavy (non-hydrogen) atoms. The van der Waals surface area contributed by atoms with Gasteiger partial charge in [-0.15, -0.1) is 0 Å². The molecule has 0 aliphatic heterocycles. The number of para-hydroxylation sites is 2. The summed E-state index contributed by atoms with van der Waals surface area (Å²) < 4.78 is 11.3. The average molecular weight is 459 g/mol. The molecule has 0 saturated heterocycles. The molecule has 0 fully saturated rings. The summed E-state index contributed by atoms with van der Waals surface area (Å²) in [6.45, 7) is 0. The number of nitrogens with two attached hydrogens (primary N) is 1. The second-order valence-corrected chi connectivity index (χ2v) is 8.19. The lowest BCUT2D eigenvalue weighted by molar-refractivity contribution is 0.416. The van der Waals surface area contributed by atoms with Crippen LogP contribution in [0.1, 0.15) is 0 Å². The first-order valence-electron chi connectivity index (χ1n) is 11.4. The summed E-state index contributed by atoms with van der Waals surface area (Å²) in [5.74, 6) is 1.52. The molecule has 5 aromatic rings. The Labute approximate surface area is 205 Å². The lowest BCUT2D eigenvalue weighted by Gasteiger charge is -2.15. The van der Waals surface area contributed by atoms with Gasteiger partial charge < -0.3 is 15.2 Å². The number of ether oxygens (including phenoxy) is 2. The molecule has 0 aliphatic carbocycles. The average Bonchev–Trinajstić information content (AvgIpc) is 2.93. The van der Waals surface area contributed by atoms with E-state index < -0.39 is 0 Å². The molecule has 0 saturated carbocycles. The highest BCUT2D eigenvalue weighted by molar-refractivity contribution is 5.86. The lowest BCUT2D eigenvalue weighted by atomic mass is 9.96. The number of hydrogen-bond donors (Lipinski definition) is 1. The van der Waals surface area contributed by atoms with E-state index in [1.165, 1.54) is 0 Å². The number of aromatic nitrogens is 1. The van der Waals surface area contributed by atoms with Crippen molar-refractivity contribution >= 4 is 5.69 Å². The topological polar surface area (TPSA) is 57.4 Å². The van der Waals surface area contributed by atoms with Crippen molar-refractivity contribution in [1.82, 2.24) is 4.98 Å². The van der Waals surface area contributed by atoms with Crippen LogP contribution in [-0.4, -0.2) is 19.2 Å². The normalized spacial score (nSPS) is 10.7. The monoisotopic (exact) mass is 458 g/mol. The fourth-order valence-electron chi connectivity index (χ4n) is 4.31. The van der Waals surface area contributed by atoms with Crippen molar-refractivity contribution in [2.24, 2.45) is 0 Å². The second-order valence-electron chi connectivity index (χ2n) is 8.19. The van der Waals surface area contributed by atoms with Gasteiger partial charge >= 0.3 is 0 Å². The number of rotatable bonds is 6. The Balaban J connectivity index is 1.70. The number of nitrogen functional groups attached to an aromatic ring is 1. The predicted molar refractivity (Wildman–Crippen MR) is 143 cm³/mol. The lowest BCUT2D eigenvalue weighted by Crippen LogP contribution is -1.97. The molecule has 2 N–H and O–H groups in total. The Morgan fingerprint density at radius 3 is 1.60 bits per heavy atom. The minimum atomic E-state index is 0.703. The van der Waals surface area contributed by atoms with E-state index in [-0.39, 0.29) is 0 Å². The van der Waals surface area contributed by atoms with Gasteiger partial charge in [-0.05, 0) is 59.2 Å². The highest BCUT2D eigenvalue weighted by atomic mass is 16.5. The van der Waals surface area contributed by atoms with Crippen molar-refractivity contribution in [3.63, 3.8) is 0 Å². The van der Waals surface area contributed by atoms with Crippen molar-refractivity contribution in [3.8, 4) is 56.3 Å². The zero-order valence-corrected chi connectivity index (χ0v) is 19.7. The van der Waals surface area contributed by atoms with Crippen LogP contribution in [0.2, 0.25) is 0 Å². The number of hydrogen-bond acceptors (Lipinski definition) is 4. The van der Waals surface area contributed by atoms with Crippen molar-refractivity contribution in [2.75, 3.05) is 20.0 Å². The highest BCUT2D eigenvalue weighted by Crippen LogP contribution is 2.38. The minimum Gasteiger partial charge on any atom is -0.496 e. The van der Waals surface area contributed by atoms with E-state index in [1.54, 1.807) is 14.2 Å².